The minimum atomic E-state index is -0.544. The summed E-state index contributed by atoms with van der Waals surface area (Å²) in [5.74, 6) is -1.36. The zero-order chi connectivity index (χ0) is 17.1. The first-order chi connectivity index (χ1) is 11.5. The van der Waals surface area contributed by atoms with E-state index in [0.29, 0.717) is 12.2 Å². The Balaban J connectivity index is 1.63. The molecule has 0 unspecified atom stereocenters. The monoisotopic (exact) mass is 347 g/mol. The molecule has 1 saturated heterocycles. The van der Waals surface area contributed by atoms with Gasteiger partial charge in [-0.05, 0) is 29.8 Å². The number of hydrogen-bond donors (Lipinski definition) is 1. The van der Waals surface area contributed by atoms with Crippen molar-refractivity contribution in [2.75, 3.05) is 11.4 Å². The Bertz CT molecular complexity index is 770. The predicted molar refractivity (Wildman–Crippen MR) is 88.0 cm³/mol. The summed E-state index contributed by atoms with van der Waals surface area (Å²) in [5.41, 5.74) is 1.38. The number of carbonyl (C=O) groups excluding carboxylic acids is 2. The minimum Gasteiger partial charge on any atom is -0.352 e. The molecule has 1 aromatic heterocycles. The van der Waals surface area contributed by atoms with Crippen molar-refractivity contribution in [3.63, 3.8) is 0 Å². The van der Waals surface area contributed by atoms with Crippen LogP contribution in [0, 0.1) is 11.7 Å². The molecule has 0 spiro atoms. The van der Waals surface area contributed by atoms with Gasteiger partial charge in [0.2, 0.25) is 11.8 Å². The molecule has 2 aromatic rings. The Morgan fingerprint density at radius 2 is 2.25 bits per heavy atom. The number of aromatic nitrogens is 1. The number of benzene rings is 1. The van der Waals surface area contributed by atoms with E-state index in [0.717, 1.165) is 5.56 Å². The van der Waals surface area contributed by atoms with Crippen LogP contribution in [-0.2, 0) is 16.1 Å². The standard InChI is InChI=1S/C17H15ClFN3O2/c18-14-7-13(3-4-15(14)19)22-10-12(6-16(22)23)17(24)21-9-11-2-1-5-20-8-11/h1-5,7-8,12H,6,9-10H2,(H,21,24)/t12-/m1/s1. The van der Waals surface area contributed by atoms with Gasteiger partial charge < -0.3 is 10.2 Å². The van der Waals surface area contributed by atoms with E-state index in [2.05, 4.69) is 10.3 Å². The second kappa shape index (κ2) is 6.97. The summed E-state index contributed by atoms with van der Waals surface area (Å²) >= 11 is 5.76. The van der Waals surface area contributed by atoms with Crippen LogP contribution in [-0.4, -0.2) is 23.3 Å². The van der Waals surface area contributed by atoms with Crippen LogP contribution < -0.4 is 10.2 Å². The van der Waals surface area contributed by atoms with E-state index in [1.165, 1.54) is 23.1 Å². The molecular weight excluding hydrogens is 333 g/mol. The van der Waals surface area contributed by atoms with Crippen LogP contribution in [0.5, 0.6) is 0 Å². The lowest BCUT2D eigenvalue weighted by atomic mass is 10.1. The highest BCUT2D eigenvalue weighted by atomic mass is 35.5. The summed E-state index contributed by atoms with van der Waals surface area (Å²) in [6, 6.07) is 7.74. The maximum Gasteiger partial charge on any atom is 0.227 e. The maximum absolute atomic E-state index is 13.2. The van der Waals surface area contributed by atoms with Gasteiger partial charge in [-0.25, -0.2) is 4.39 Å². The molecule has 0 bridgehead atoms. The summed E-state index contributed by atoms with van der Waals surface area (Å²) < 4.78 is 13.2. The molecule has 1 atom stereocenters. The van der Waals surface area contributed by atoms with Gasteiger partial charge in [-0.1, -0.05) is 17.7 Å². The fraction of sp³-hybridized carbons (Fsp3) is 0.235. The molecule has 1 aromatic carbocycles. The first-order valence-electron chi connectivity index (χ1n) is 7.46. The van der Waals surface area contributed by atoms with Crippen LogP contribution in [0.25, 0.3) is 0 Å². The van der Waals surface area contributed by atoms with Crippen LogP contribution in [0.4, 0.5) is 10.1 Å². The van der Waals surface area contributed by atoms with Crippen LogP contribution in [0.3, 0.4) is 0 Å². The number of nitrogens with zero attached hydrogens (tertiary/aromatic N) is 2. The highest BCUT2D eigenvalue weighted by molar-refractivity contribution is 6.31. The molecule has 2 heterocycles. The molecule has 1 fully saturated rings. The lowest BCUT2D eigenvalue weighted by molar-refractivity contribution is -0.126. The van der Waals surface area contributed by atoms with E-state index in [9.17, 15) is 14.0 Å². The van der Waals surface area contributed by atoms with E-state index < -0.39 is 11.7 Å². The maximum atomic E-state index is 13.2. The summed E-state index contributed by atoms with van der Waals surface area (Å²) in [5, 5.41) is 2.76. The quantitative estimate of drug-likeness (QED) is 0.924. The first kappa shape index (κ1) is 16.4. The molecule has 0 aliphatic carbocycles. The Labute approximate surface area is 143 Å². The second-order valence-electron chi connectivity index (χ2n) is 5.58. The molecular formula is C17H15ClFN3O2. The topological polar surface area (TPSA) is 62.3 Å². The molecule has 24 heavy (non-hydrogen) atoms. The van der Waals surface area contributed by atoms with Gasteiger partial charge in [0.15, 0.2) is 0 Å². The Kier molecular flexibility index (Phi) is 4.76. The van der Waals surface area contributed by atoms with Gasteiger partial charge in [0.05, 0.1) is 10.9 Å². The third kappa shape index (κ3) is 3.54. The third-order valence-electron chi connectivity index (χ3n) is 3.90. The lowest BCUT2D eigenvalue weighted by Gasteiger charge is -2.17. The Hall–Kier alpha value is -2.47. The molecule has 7 heteroatoms. The smallest absolute Gasteiger partial charge is 0.227 e. The van der Waals surface area contributed by atoms with Crippen molar-refractivity contribution in [1.82, 2.24) is 10.3 Å². The van der Waals surface area contributed by atoms with Crippen molar-refractivity contribution in [3.8, 4) is 0 Å². The Morgan fingerprint density at radius 1 is 1.42 bits per heavy atom. The number of pyridine rings is 1. The van der Waals surface area contributed by atoms with E-state index in [4.69, 9.17) is 11.6 Å². The molecule has 0 saturated carbocycles. The van der Waals surface area contributed by atoms with E-state index in [1.54, 1.807) is 18.5 Å². The van der Waals surface area contributed by atoms with Crippen LogP contribution in [0.15, 0.2) is 42.7 Å². The van der Waals surface area contributed by atoms with Crippen molar-refractivity contribution in [2.24, 2.45) is 5.92 Å². The molecule has 2 amide bonds. The number of rotatable bonds is 4. The minimum absolute atomic E-state index is 0.0511. The van der Waals surface area contributed by atoms with Crippen molar-refractivity contribution < 1.29 is 14.0 Å². The third-order valence-corrected chi connectivity index (χ3v) is 4.19. The van der Waals surface area contributed by atoms with Gasteiger partial charge in [-0.3, -0.25) is 14.6 Å². The molecule has 5 nitrogen and oxygen atoms in total. The van der Waals surface area contributed by atoms with Crippen molar-refractivity contribution >= 4 is 29.1 Å². The van der Waals surface area contributed by atoms with Gasteiger partial charge in [0.25, 0.3) is 0 Å². The fourth-order valence-electron chi connectivity index (χ4n) is 2.62. The number of anilines is 1. The summed E-state index contributed by atoms with van der Waals surface area (Å²) in [6.45, 7) is 0.611. The predicted octanol–water partition coefficient (Wildman–Crippen LogP) is 2.54. The summed E-state index contributed by atoms with van der Waals surface area (Å²) in [4.78, 5) is 29.9. The van der Waals surface area contributed by atoms with Gasteiger partial charge >= 0.3 is 0 Å². The largest absolute Gasteiger partial charge is 0.352 e. The summed E-state index contributed by atoms with van der Waals surface area (Å²) in [6.07, 6.45) is 3.45. The Morgan fingerprint density at radius 3 is 2.96 bits per heavy atom. The fourth-order valence-corrected chi connectivity index (χ4v) is 2.80. The van der Waals surface area contributed by atoms with Crippen LogP contribution >= 0.6 is 11.6 Å². The van der Waals surface area contributed by atoms with Gasteiger partial charge in [0, 0.05) is 37.6 Å². The number of nitrogens with one attached hydrogen (secondary N) is 1. The van der Waals surface area contributed by atoms with Crippen LogP contribution in [0.1, 0.15) is 12.0 Å². The summed E-state index contributed by atoms with van der Waals surface area (Å²) in [7, 11) is 0. The SMILES string of the molecule is O=C(NCc1cccnc1)[C@@H]1CC(=O)N(c2ccc(F)c(Cl)c2)C1. The number of halogens is 2. The van der Waals surface area contributed by atoms with E-state index in [-0.39, 0.29) is 29.8 Å². The van der Waals surface area contributed by atoms with Crippen molar-refractivity contribution in [3.05, 3.63) is 59.1 Å². The van der Waals surface area contributed by atoms with E-state index in [1.807, 2.05) is 6.07 Å². The zero-order valence-electron chi connectivity index (χ0n) is 12.7. The van der Waals surface area contributed by atoms with Crippen molar-refractivity contribution in [1.29, 1.82) is 0 Å². The first-order valence-corrected chi connectivity index (χ1v) is 7.84. The molecule has 1 aliphatic rings. The molecule has 124 valence electrons. The zero-order valence-corrected chi connectivity index (χ0v) is 13.5. The molecule has 1 aliphatic heterocycles. The van der Waals surface area contributed by atoms with Gasteiger partial charge in [0.1, 0.15) is 5.82 Å². The number of amides is 2. The van der Waals surface area contributed by atoms with E-state index >= 15 is 0 Å². The number of carbonyl (C=O) groups is 2. The van der Waals surface area contributed by atoms with Crippen LogP contribution in [0.2, 0.25) is 5.02 Å². The number of hydrogen-bond acceptors (Lipinski definition) is 3. The average molecular weight is 348 g/mol. The second-order valence-corrected chi connectivity index (χ2v) is 5.99. The molecule has 0 radical (unpaired) electrons. The normalized spacial score (nSPS) is 17.2. The molecule has 3 rings (SSSR count). The van der Waals surface area contributed by atoms with Gasteiger partial charge in [-0.2, -0.15) is 0 Å². The average Bonchev–Trinajstić information content (AvgIpc) is 2.98. The lowest BCUT2D eigenvalue weighted by Crippen LogP contribution is -2.32. The highest BCUT2D eigenvalue weighted by Gasteiger charge is 2.35. The highest BCUT2D eigenvalue weighted by Crippen LogP contribution is 2.28. The van der Waals surface area contributed by atoms with Crippen molar-refractivity contribution in [2.45, 2.75) is 13.0 Å². The molecule has 1 N–H and O–H groups in total. The van der Waals surface area contributed by atoms with Gasteiger partial charge in [-0.15, -0.1) is 0 Å².